The molecule has 0 aliphatic heterocycles. The molecule has 1 atom stereocenters. The predicted molar refractivity (Wildman–Crippen MR) is 68.2 cm³/mol. The van der Waals surface area contributed by atoms with Gasteiger partial charge < -0.3 is 10.2 Å². The molecule has 0 aromatic rings. The summed E-state index contributed by atoms with van der Waals surface area (Å²) in [7, 11) is 0. The number of nitrogens with zero attached hydrogens (tertiary/aromatic N) is 2. The Hall–Kier alpha value is -0.240. The van der Waals surface area contributed by atoms with Gasteiger partial charge in [-0.05, 0) is 31.5 Å². The molecule has 0 saturated carbocycles. The van der Waals surface area contributed by atoms with Gasteiger partial charge in [-0.3, -0.25) is 0 Å². The van der Waals surface area contributed by atoms with Gasteiger partial charge in [0.2, 0.25) is 0 Å². The third-order valence-corrected chi connectivity index (χ3v) is 3.12. The van der Waals surface area contributed by atoms with Gasteiger partial charge in [0.25, 0.3) is 0 Å². The van der Waals surface area contributed by atoms with Crippen molar-refractivity contribution in [3.63, 3.8) is 0 Å². The maximum atomic E-state index is 8.90. The van der Waals surface area contributed by atoms with Crippen LogP contribution in [0, 0.1) is 11.3 Å². The van der Waals surface area contributed by atoms with Crippen LogP contribution in [0.1, 0.15) is 20.3 Å². The fourth-order valence-corrected chi connectivity index (χ4v) is 1.86. The van der Waals surface area contributed by atoms with Crippen molar-refractivity contribution in [1.82, 2.24) is 10.2 Å². The summed E-state index contributed by atoms with van der Waals surface area (Å²) >= 11 is 1.79. The van der Waals surface area contributed by atoms with Gasteiger partial charge in [-0.2, -0.15) is 17.0 Å². The van der Waals surface area contributed by atoms with Crippen LogP contribution in [0.4, 0.5) is 0 Å². The number of likely N-dealkylation sites (N-methyl/N-ethyl adjacent to an activating group) is 1. The second kappa shape index (κ2) is 10.3. The summed E-state index contributed by atoms with van der Waals surface area (Å²) in [6, 6.07) is 2.32. The van der Waals surface area contributed by atoms with Gasteiger partial charge in [0, 0.05) is 13.1 Å². The first kappa shape index (κ1) is 14.8. The zero-order valence-electron chi connectivity index (χ0n) is 10.1. The molecular weight excluding hydrogens is 206 g/mol. The lowest BCUT2D eigenvalue weighted by Crippen LogP contribution is -2.36. The third-order valence-electron chi connectivity index (χ3n) is 2.48. The van der Waals surface area contributed by atoms with Crippen LogP contribution in [0.25, 0.3) is 0 Å². The van der Waals surface area contributed by atoms with E-state index in [9.17, 15) is 0 Å². The van der Waals surface area contributed by atoms with Crippen LogP contribution in [-0.4, -0.2) is 49.1 Å². The molecule has 15 heavy (non-hydrogen) atoms. The summed E-state index contributed by atoms with van der Waals surface area (Å²) in [6.07, 6.45) is 3.01. The van der Waals surface area contributed by atoms with E-state index in [1.54, 1.807) is 11.8 Å². The monoisotopic (exact) mass is 229 g/mol. The number of hydrogen-bond acceptors (Lipinski definition) is 4. The van der Waals surface area contributed by atoms with Crippen molar-refractivity contribution in [2.24, 2.45) is 0 Å². The van der Waals surface area contributed by atoms with Crippen LogP contribution < -0.4 is 5.32 Å². The van der Waals surface area contributed by atoms with Gasteiger partial charge in [0.1, 0.15) is 0 Å². The highest BCUT2D eigenvalue weighted by Gasteiger charge is 2.06. The van der Waals surface area contributed by atoms with Crippen LogP contribution in [0.5, 0.6) is 0 Å². The maximum Gasteiger partial charge on any atom is 0.0961 e. The van der Waals surface area contributed by atoms with E-state index in [0.29, 0.717) is 0 Å². The molecule has 1 unspecified atom stereocenters. The van der Waals surface area contributed by atoms with E-state index in [-0.39, 0.29) is 6.04 Å². The molecule has 1 N–H and O–H groups in total. The first-order valence-corrected chi connectivity index (χ1v) is 7.02. The molecule has 0 heterocycles. The first-order valence-electron chi connectivity index (χ1n) is 5.62. The molecule has 0 fully saturated rings. The standard InChI is InChI=1S/C11H23N3S/c1-4-14(5-2)8-7-13-11(10-12)6-9-15-3/h11,13H,4-9H2,1-3H3. The van der Waals surface area contributed by atoms with Crippen molar-refractivity contribution in [1.29, 1.82) is 5.26 Å². The SMILES string of the molecule is CCN(CC)CCNC(C#N)CCSC. The average molecular weight is 229 g/mol. The van der Waals surface area contributed by atoms with Gasteiger partial charge in [-0.25, -0.2) is 0 Å². The largest absolute Gasteiger partial charge is 0.303 e. The van der Waals surface area contributed by atoms with Crippen molar-refractivity contribution in [3.05, 3.63) is 0 Å². The van der Waals surface area contributed by atoms with Gasteiger partial charge >= 0.3 is 0 Å². The third kappa shape index (κ3) is 7.66. The van der Waals surface area contributed by atoms with Crippen molar-refractivity contribution >= 4 is 11.8 Å². The van der Waals surface area contributed by atoms with Gasteiger partial charge in [0.15, 0.2) is 0 Å². The Bertz CT molecular complexity index is 175. The van der Waals surface area contributed by atoms with Crippen LogP contribution in [0.3, 0.4) is 0 Å². The molecule has 0 amide bonds. The number of rotatable bonds is 9. The van der Waals surface area contributed by atoms with E-state index in [0.717, 1.165) is 38.4 Å². The summed E-state index contributed by atoms with van der Waals surface area (Å²) in [5, 5.41) is 12.2. The molecule has 0 aliphatic rings. The normalized spacial score (nSPS) is 12.7. The Kier molecular flexibility index (Phi) is 10.1. The fraction of sp³-hybridized carbons (Fsp3) is 0.909. The van der Waals surface area contributed by atoms with Crippen LogP contribution >= 0.6 is 11.8 Å². The second-order valence-electron chi connectivity index (χ2n) is 3.44. The molecule has 0 bridgehead atoms. The highest BCUT2D eigenvalue weighted by Crippen LogP contribution is 1.99. The molecule has 88 valence electrons. The van der Waals surface area contributed by atoms with Crippen LogP contribution in [0.15, 0.2) is 0 Å². The Morgan fingerprint density at radius 2 is 2.07 bits per heavy atom. The maximum absolute atomic E-state index is 8.90. The van der Waals surface area contributed by atoms with E-state index in [1.807, 2.05) is 0 Å². The lowest BCUT2D eigenvalue weighted by Gasteiger charge is -2.19. The van der Waals surface area contributed by atoms with E-state index in [4.69, 9.17) is 5.26 Å². The molecule has 0 spiro atoms. The summed E-state index contributed by atoms with van der Waals surface area (Å²) in [4.78, 5) is 2.36. The van der Waals surface area contributed by atoms with Gasteiger partial charge in [-0.15, -0.1) is 0 Å². The van der Waals surface area contributed by atoms with E-state index >= 15 is 0 Å². The molecule has 0 aromatic carbocycles. The highest BCUT2D eigenvalue weighted by atomic mass is 32.2. The predicted octanol–water partition coefficient (Wildman–Crippen LogP) is 1.56. The minimum Gasteiger partial charge on any atom is -0.303 e. The molecule has 0 rings (SSSR count). The van der Waals surface area contributed by atoms with Gasteiger partial charge in [0.05, 0.1) is 12.1 Å². The molecule has 0 aliphatic carbocycles. The van der Waals surface area contributed by atoms with Crippen LogP contribution in [0.2, 0.25) is 0 Å². The summed E-state index contributed by atoms with van der Waals surface area (Å²) in [6.45, 7) is 8.44. The quantitative estimate of drug-likeness (QED) is 0.651. The molecule has 4 heteroatoms. The second-order valence-corrected chi connectivity index (χ2v) is 4.43. The Morgan fingerprint density at radius 1 is 1.40 bits per heavy atom. The molecule has 0 radical (unpaired) electrons. The van der Waals surface area contributed by atoms with Crippen molar-refractivity contribution in [3.8, 4) is 6.07 Å². The van der Waals surface area contributed by atoms with E-state index < -0.39 is 0 Å². The highest BCUT2D eigenvalue weighted by molar-refractivity contribution is 7.98. The minimum atomic E-state index is 0.0213. The number of nitrogens with one attached hydrogen (secondary N) is 1. The average Bonchev–Trinajstić information content (AvgIpc) is 2.28. The Labute approximate surface area is 98.2 Å². The summed E-state index contributed by atoms with van der Waals surface area (Å²) < 4.78 is 0. The zero-order chi connectivity index (χ0) is 11.5. The van der Waals surface area contributed by atoms with E-state index in [2.05, 4.69) is 36.4 Å². The molecule has 0 saturated heterocycles. The number of hydrogen-bond donors (Lipinski definition) is 1. The topological polar surface area (TPSA) is 39.1 Å². The molecule has 0 aromatic heterocycles. The Morgan fingerprint density at radius 3 is 2.53 bits per heavy atom. The van der Waals surface area contributed by atoms with Crippen molar-refractivity contribution in [2.75, 3.05) is 38.2 Å². The first-order chi connectivity index (χ1) is 7.28. The van der Waals surface area contributed by atoms with E-state index in [1.165, 1.54) is 0 Å². The minimum absolute atomic E-state index is 0.0213. The summed E-state index contributed by atoms with van der Waals surface area (Å²) in [5.74, 6) is 1.05. The fourth-order valence-electron chi connectivity index (χ4n) is 1.38. The Balaban J connectivity index is 3.58. The molecular formula is C11H23N3S. The van der Waals surface area contributed by atoms with Gasteiger partial charge in [-0.1, -0.05) is 13.8 Å². The molecule has 3 nitrogen and oxygen atoms in total. The lowest BCUT2D eigenvalue weighted by atomic mass is 10.2. The lowest BCUT2D eigenvalue weighted by molar-refractivity contribution is 0.299. The smallest absolute Gasteiger partial charge is 0.0961 e. The summed E-state index contributed by atoms with van der Waals surface area (Å²) in [5.41, 5.74) is 0. The van der Waals surface area contributed by atoms with Crippen molar-refractivity contribution < 1.29 is 0 Å². The number of nitriles is 1. The van der Waals surface area contributed by atoms with Crippen molar-refractivity contribution in [2.45, 2.75) is 26.3 Å². The zero-order valence-corrected chi connectivity index (χ0v) is 10.9. The van der Waals surface area contributed by atoms with Crippen LogP contribution in [-0.2, 0) is 0 Å². The number of thioether (sulfide) groups is 1.